The Morgan fingerprint density at radius 3 is 2.65 bits per heavy atom. The Morgan fingerprint density at radius 2 is 2.04 bits per heavy atom. The number of guanidine groups is 1. The SMILES string of the molecule is CCCCOCCNC(=NC)NCCc1nc(C(F)(F)F)cs1. The van der Waals surface area contributed by atoms with Crippen molar-refractivity contribution < 1.29 is 17.9 Å². The molecular formula is C14H23F3N4OS. The molecule has 0 aliphatic carbocycles. The zero-order valence-electron chi connectivity index (χ0n) is 13.4. The molecule has 0 amide bonds. The van der Waals surface area contributed by atoms with Gasteiger partial charge in [0.05, 0.1) is 11.6 Å². The highest BCUT2D eigenvalue weighted by atomic mass is 32.1. The van der Waals surface area contributed by atoms with Crippen LogP contribution in [-0.4, -0.2) is 44.3 Å². The largest absolute Gasteiger partial charge is 0.434 e. The zero-order valence-corrected chi connectivity index (χ0v) is 14.2. The Labute approximate surface area is 138 Å². The number of unbranched alkanes of at least 4 members (excludes halogenated alkanes) is 1. The fourth-order valence-corrected chi connectivity index (χ4v) is 2.46. The maximum atomic E-state index is 12.4. The number of nitrogens with zero attached hydrogens (tertiary/aromatic N) is 2. The molecule has 0 unspecified atom stereocenters. The Hall–Kier alpha value is -1.35. The van der Waals surface area contributed by atoms with Crippen LogP contribution in [0.4, 0.5) is 13.2 Å². The number of ether oxygens (including phenoxy) is 1. The van der Waals surface area contributed by atoms with Gasteiger partial charge in [-0.3, -0.25) is 4.99 Å². The van der Waals surface area contributed by atoms with Gasteiger partial charge in [0, 0.05) is 38.5 Å². The zero-order chi connectivity index (χ0) is 17.1. The molecule has 0 aliphatic rings. The average Bonchev–Trinajstić information content (AvgIpc) is 2.98. The first kappa shape index (κ1) is 19.7. The molecule has 0 saturated heterocycles. The molecular weight excluding hydrogens is 329 g/mol. The second kappa shape index (κ2) is 10.4. The van der Waals surface area contributed by atoms with Crippen LogP contribution in [0.15, 0.2) is 10.4 Å². The van der Waals surface area contributed by atoms with Crippen molar-refractivity contribution in [3.05, 3.63) is 16.1 Å². The van der Waals surface area contributed by atoms with E-state index in [9.17, 15) is 13.2 Å². The lowest BCUT2D eigenvalue weighted by molar-refractivity contribution is -0.140. The van der Waals surface area contributed by atoms with Crippen LogP contribution >= 0.6 is 11.3 Å². The molecule has 1 rings (SSSR count). The number of hydrogen-bond donors (Lipinski definition) is 2. The maximum Gasteiger partial charge on any atom is 0.434 e. The second-order valence-electron chi connectivity index (χ2n) is 4.77. The van der Waals surface area contributed by atoms with Gasteiger partial charge in [0.25, 0.3) is 0 Å². The van der Waals surface area contributed by atoms with E-state index >= 15 is 0 Å². The van der Waals surface area contributed by atoms with Gasteiger partial charge in [0.1, 0.15) is 0 Å². The minimum Gasteiger partial charge on any atom is -0.380 e. The number of aliphatic imine (C=N–C) groups is 1. The van der Waals surface area contributed by atoms with Crippen LogP contribution in [0.2, 0.25) is 0 Å². The fourth-order valence-electron chi connectivity index (χ4n) is 1.65. The van der Waals surface area contributed by atoms with Gasteiger partial charge in [-0.1, -0.05) is 13.3 Å². The molecule has 1 heterocycles. The van der Waals surface area contributed by atoms with Gasteiger partial charge in [0.2, 0.25) is 0 Å². The summed E-state index contributed by atoms with van der Waals surface area (Å²) in [7, 11) is 1.64. The summed E-state index contributed by atoms with van der Waals surface area (Å²) in [5.41, 5.74) is -0.829. The predicted octanol–water partition coefficient (Wildman–Crippen LogP) is 2.69. The number of halogens is 3. The topological polar surface area (TPSA) is 58.5 Å². The molecule has 0 aromatic carbocycles. The molecule has 0 aliphatic heterocycles. The number of nitrogens with one attached hydrogen (secondary N) is 2. The third kappa shape index (κ3) is 8.17. The Bertz CT molecular complexity index is 477. The smallest absolute Gasteiger partial charge is 0.380 e. The van der Waals surface area contributed by atoms with Crippen molar-refractivity contribution in [1.29, 1.82) is 0 Å². The van der Waals surface area contributed by atoms with Crippen molar-refractivity contribution in [2.75, 3.05) is 33.4 Å². The average molecular weight is 352 g/mol. The normalized spacial score (nSPS) is 12.5. The monoisotopic (exact) mass is 352 g/mol. The number of aromatic nitrogens is 1. The summed E-state index contributed by atoms with van der Waals surface area (Å²) >= 11 is 1.01. The van der Waals surface area contributed by atoms with E-state index in [1.807, 2.05) is 0 Å². The number of rotatable bonds is 9. The highest BCUT2D eigenvalue weighted by molar-refractivity contribution is 7.09. The third-order valence-electron chi connectivity index (χ3n) is 2.88. The lowest BCUT2D eigenvalue weighted by Crippen LogP contribution is -2.39. The minimum absolute atomic E-state index is 0.411. The third-order valence-corrected chi connectivity index (χ3v) is 3.79. The molecule has 0 spiro atoms. The molecule has 1 aromatic rings. The minimum atomic E-state index is -4.38. The molecule has 1 aromatic heterocycles. The highest BCUT2D eigenvalue weighted by Crippen LogP contribution is 2.29. The van der Waals surface area contributed by atoms with E-state index in [4.69, 9.17) is 4.74 Å². The number of thiazole rings is 1. The Morgan fingerprint density at radius 1 is 1.30 bits per heavy atom. The van der Waals surface area contributed by atoms with Crippen molar-refractivity contribution in [3.63, 3.8) is 0 Å². The van der Waals surface area contributed by atoms with Crippen molar-refractivity contribution in [2.45, 2.75) is 32.4 Å². The predicted molar refractivity (Wildman–Crippen MR) is 85.9 cm³/mol. The molecule has 0 saturated carbocycles. The molecule has 9 heteroatoms. The number of alkyl halides is 3. The molecule has 0 radical (unpaired) electrons. The van der Waals surface area contributed by atoms with Crippen LogP contribution in [0.3, 0.4) is 0 Å². The molecule has 0 fully saturated rings. The summed E-state index contributed by atoms with van der Waals surface area (Å²) in [6.45, 7) is 4.52. The number of hydrogen-bond acceptors (Lipinski definition) is 4. The fraction of sp³-hybridized carbons (Fsp3) is 0.714. The lowest BCUT2D eigenvalue weighted by Gasteiger charge is -2.11. The van der Waals surface area contributed by atoms with Gasteiger partial charge in [-0.2, -0.15) is 13.2 Å². The van der Waals surface area contributed by atoms with Crippen molar-refractivity contribution >= 4 is 17.3 Å². The summed E-state index contributed by atoms with van der Waals surface area (Å²) in [4.78, 5) is 7.62. The second-order valence-corrected chi connectivity index (χ2v) is 5.71. The van der Waals surface area contributed by atoms with Crippen LogP contribution < -0.4 is 10.6 Å². The molecule has 0 atom stereocenters. The van der Waals surface area contributed by atoms with Crippen LogP contribution in [0.1, 0.15) is 30.5 Å². The summed E-state index contributed by atoms with van der Waals surface area (Å²) in [5.74, 6) is 0.594. The van der Waals surface area contributed by atoms with Gasteiger partial charge in [-0.25, -0.2) is 4.98 Å². The maximum absolute atomic E-state index is 12.4. The van der Waals surface area contributed by atoms with E-state index in [1.165, 1.54) is 0 Å². The van der Waals surface area contributed by atoms with Gasteiger partial charge in [-0.15, -0.1) is 11.3 Å². The lowest BCUT2D eigenvalue weighted by atomic mass is 10.4. The molecule has 2 N–H and O–H groups in total. The van der Waals surface area contributed by atoms with E-state index in [-0.39, 0.29) is 0 Å². The van der Waals surface area contributed by atoms with Crippen molar-refractivity contribution in [1.82, 2.24) is 15.6 Å². The first-order valence-electron chi connectivity index (χ1n) is 7.51. The molecule has 23 heavy (non-hydrogen) atoms. The summed E-state index contributed by atoms with van der Waals surface area (Å²) in [6, 6.07) is 0. The summed E-state index contributed by atoms with van der Waals surface area (Å²) in [5, 5.41) is 7.60. The summed E-state index contributed by atoms with van der Waals surface area (Å²) in [6.07, 6.45) is -1.82. The van der Waals surface area contributed by atoms with Gasteiger partial charge in [-0.05, 0) is 6.42 Å². The molecule has 0 bridgehead atoms. The van der Waals surface area contributed by atoms with Crippen molar-refractivity contribution in [3.8, 4) is 0 Å². The van der Waals surface area contributed by atoms with Gasteiger partial charge >= 0.3 is 6.18 Å². The quantitative estimate of drug-likeness (QED) is 0.408. The van der Waals surface area contributed by atoms with Crippen LogP contribution in [0.5, 0.6) is 0 Å². The van der Waals surface area contributed by atoms with E-state index in [0.29, 0.717) is 37.1 Å². The first-order chi connectivity index (χ1) is 11.0. The van der Waals surface area contributed by atoms with E-state index < -0.39 is 11.9 Å². The van der Waals surface area contributed by atoms with Gasteiger partial charge < -0.3 is 15.4 Å². The first-order valence-corrected chi connectivity index (χ1v) is 8.39. The van der Waals surface area contributed by atoms with Crippen LogP contribution in [0.25, 0.3) is 0 Å². The van der Waals surface area contributed by atoms with Crippen LogP contribution in [0, 0.1) is 0 Å². The van der Waals surface area contributed by atoms with Crippen molar-refractivity contribution in [2.24, 2.45) is 4.99 Å². The Kier molecular flexibility index (Phi) is 8.93. The van der Waals surface area contributed by atoms with E-state index in [0.717, 1.165) is 36.2 Å². The van der Waals surface area contributed by atoms with Gasteiger partial charge in [0.15, 0.2) is 11.7 Å². The van der Waals surface area contributed by atoms with E-state index in [2.05, 4.69) is 27.5 Å². The summed E-state index contributed by atoms with van der Waals surface area (Å²) < 4.78 is 42.8. The molecule has 5 nitrogen and oxygen atoms in total. The highest BCUT2D eigenvalue weighted by Gasteiger charge is 2.33. The standard InChI is InChI=1S/C14H23F3N4OS/c1-3-4-8-22-9-7-20-13(18-2)19-6-5-12-21-11(10-23-12)14(15,16)17/h10H,3-9H2,1-2H3,(H2,18,19,20). The van der Waals surface area contributed by atoms with E-state index in [1.54, 1.807) is 7.05 Å². The van der Waals surface area contributed by atoms with Crippen LogP contribution in [-0.2, 0) is 17.3 Å². The Balaban J connectivity index is 2.21. The molecule has 132 valence electrons.